The number of aliphatic hydroxyl groups excluding tert-OH is 1. The highest BCUT2D eigenvalue weighted by atomic mass is 16.3. The fourth-order valence-electron chi connectivity index (χ4n) is 1.98. The molecule has 2 heterocycles. The molecule has 0 atom stereocenters. The Hall–Kier alpha value is -2.00. The number of rotatable bonds is 1. The molecule has 3 heteroatoms. The number of fused-ring (bicyclic) bond motifs is 3. The van der Waals surface area contributed by atoms with E-state index in [9.17, 15) is 5.11 Å². The molecule has 0 aliphatic carbocycles. The van der Waals surface area contributed by atoms with Gasteiger partial charge >= 0.3 is 0 Å². The topological polar surface area (TPSA) is 46.0 Å². The first kappa shape index (κ1) is 9.24. The fourth-order valence-corrected chi connectivity index (χ4v) is 1.98. The van der Waals surface area contributed by atoms with Crippen molar-refractivity contribution >= 4 is 21.8 Å². The molecule has 3 aromatic rings. The van der Waals surface area contributed by atoms with Crippen molar-refractivity contribution in [1.82, 2.24) is 9.97 Å². The van der Waals surface area contributed by atoms with Gasteiger partial charge in [0.1, 0.15) is 0 Å². The van der Waals surface area contributed by atoms with Crippen LogP contribution in [0.4, 0.5) is 0 Å². The highest BCUT2D eigenvalue weighted by molar-refractivity contribution is 6.04. The maximum atomic E-state index is 9.35. The third kappa shape index (κ3) is 1.26. The molecule has 0 unspecified atom stereocenters. The first-order valence-electron chi connectivity index (χ1n) is 5.12. The zero-order valence-corrected chi connectivity index (χ0v) is 8.59. The average molecular weight is 210 g/mol. The minimum absolute atomic E-state index is 0.0209. The van der Waals surface area contributed by atoms with Gasteiger partial charge in [0, 0.05) is 23.2 Å². The van der Waals surface area contributed by atoms with Crippen molar-refractivity contribution in [2.75, 3.05) is 0 Å². The van der Waals surface area contributed by atoms with Crippen LogP contribution in [0.25, 0.3) is 21.8 Å². The maximum absolute atomic E-state index is 9.35. The fraction of sp³-hybridized carbons (Fsp3) is 0.0769. The lowest BCUT2D eigenvalue weighted by Gasteiger charge is -2.06. The van der Waals surface area contributed by atoms with E-state index in [4.69, 9.17) is 0 Å². The molecule has 16 heavy (non-hydrogen) atoms. The zero-order chi connectivity index (χ0) is 11.0. The van der Waals surface area contributed by atoms with Gasteiger partial charge in [-0.05, 0) is 23.8 Å². The van der Waals surface area contributed by atoms with Crippen LogP contribution in [0.1, 0.15) is 5.56 Å². The molecule has 0 saturated heterocycles. The maximum Gasteiger partial charge on any atom is 0.0968 e. The van der Waals surface area contributed by atoms with Crippen molar-refractivity contribution in [2.45, 2.75) is 6.61 Å². The Balaban J connectivity index is 2.57. The summed E-state index contributed by atoms with van der Waals surface area (Å²) in [5, 5.41) is 11.3. The van der Waals surface area contributed by atoms with Gasteiger partial charge in [-0.25, -0.2) is 0 Å². The van der Waals surface area contributed by atoms with E-state index in [1.165, 1.54) is 0 Å². The molecule has 0 aliphatic heterocycles. The van der Waals surface area contributed by atoms with E-state index in [1.807, 2.05) is 30.3 Å². The van der Waals surface area contributed by atoms with Crippen molar-refractivity contribution in [3.05, 3.63) is 48.3 Å². The molecule has 3 nitrogen and oxygen atoms in total. The summed E-state index contributed by atoms with van der Waals surface area (Å²) in [5.41, 5.74) is 2.63. The summed E-state index contributed by atoms with van der Waals surface area (Å²) in [6, 6.07) is 9.67. The van der Waals surface area contributed by atoms with E-state index >= 15 is 0 Å². The molecule has 2 aromatic heterocycles. The highest BCUT2D eigenvalue weighted by Crippen LogP contribution is 2.25. The van der Waals surface area contributed by atoms with E-state index in [0.29, 0.717) is 0 Å². The van der Waals surface area contributed by atoms with Crippen molar-refractivity contribution in [3.8, 4) is 0 Å². The summed E-state index contributed by atoms with van der Waals surface area (Å²) in [6.45, 7) is 0.0209. The number of benzene rings is 1. The molecule has 3 rings (SSSR count). The molecule has 78 valence electrons. The number of nitrogens with zero attached hydrogens (tertiary/aromatic N) is 2. The third-order valence-electron chi connectivity index (χ3n) is 2.72. The summed E-state index contributed by atoms with van der Waals surface area (Å²) < 4.78 is 0. The Morgan fingerprint density at radius 2 is 1.75 bits per heavy atom. The molecule has 0 amide bonds. The number of hydrogen-bond acceptors (Lipinski definition) is 3. The summed E-state index contributed by atoms with van der Waals surface area (Å²) >= 11 is 0. The smallest absolute Gasteiger partial charge is 0.0968 e. The first-order chi connectivity index (χ1) is 7.90. The monoisotopic (exact) mass is 210 g/mol. The van der Waals surface area contributed by atoms with E-state index in [1.54, 1.807) is 12.4 Å². The first-order valence-corrected chi connectivity index (χ1v) is 5.12. The lowest BCUT2D eigenvalue weighted by molar-refractivity contribution is 0.283. The van der Waals surface area contributed by atoms with Gasteiger partial charge in [0.25, 0.3) is 0 Å². The molecule has 1 N–H and O–H groups in total. The molecule has 0 aliphatic rings. The Morgan fingerprint density at radius 1 is 1.00 bits per heavy atom. The quantitative estimate of drug-likeness (QED) is 0.627. The van der Waals surface area contributed by atoms with Crippen LogP contribution in [0.2, 0.25) is 0 Å². The van der Waals surface area contributed by atoms with Crippen LogP contribution in [0, 0.1) is 0 Å². The lowest BCUT2D eigenvalue weighted by Crippen LogP contribution is -1.91. The second-order valence-electron chi connectivity index (χ2n) is 3.67. The zero-order valence-electron chi connectivity index (χ0n) is 8.59. The Bertz CT molecular complexity index is 664. The molecule has 0 spiro atoms. The number of hydrogen-bond donors (Lipinski definition) is 1. The van der Waals surface area contributed by atoms with Crippen molar-refractivity contribution in [3.63, 3.8) is 0 Å². The summed E-state index contributed by atoms with van der Waals surface area (Å²) in [7, 11) is 0. The van der Waals surface area contributed by atoms with Gasteiger partial charge < -0.3 is 5.11 Å². The van der Waals surface area contributed by atoms with Gasteiger partial charge in [-0.1, -0.05) is 12.1 Å². The predicted octanol–water partition coefficient (Wildman–Crippen LogP) is 2.28. The largest absolute Gasteiger partial charge is 0.392 e. The van der Waals surface area contributed by atoms with Crippen LogP contribution in [-0.2, 0) is 6.61 Å². The average Bonchev–Trinajstić information content (AvgIpc) is 2.38. The standard InChI is InChI=1S/C13H10N2O/c16-8-10-7-9-3-1-5-14-12(9)13-11(10)4-2-6-15-13/h1-7,16H,8H2. The number of pyridine rings is 2. The third-order valence-corrected chi connectivity index (χ3v) is 2.72. The SMILES string of the molecule is OCc1cc2cccnc2c2ncccc12. The summed E-state index contributed by atoms with van der Waals surface area (Å²) in [6.07, 6.45) is 3.51. The summed E-state index contributed by atoms with van der Waals surface area (Å²) in [5.74, 6) is 0. The molecule has 0 bridgehead atoms. The highest BCUT2D eigenvalue weighted by Gasteiger charge is 2.06. The Kier molecular flexibility index (Phi) is 2.04. The molecule has 0 radical (unpaired) electrons. The minimum Gasteiger partial charge on any atom is -0.392 e. The second-order valence-corrected chi connectivity index (χ2v) is 3.67. The molecular formula is C13H10N2O. The van der Waals surface area contributed by atoms with Crippen LogP contribution in [-0.4, -0.2) is 15.1 Å². The Morgan fingerprint density at radius 3 is 2.56 bits per heavy atom. The predicted molar refractivity (Wildman–Crippen MR) is 63.0 cm³/mol. The van der Waals surface area contributed by atoms with Gasteiger partial charge in [0.05, 0.1) is 17.6 Å². The van der Waals surface area contributed by atoms with Gasteiger partial charge in [-0.3, -0.25) is 9.97 Å². The van der Waals surface area contributed by atoms with E-state index in [0.717, 1.165) is 27.4 Å². The lowest BCUT2D eigenvalue weighted by atomic mass is 10.0. The van der Waals surface area contributed by atoms with Crippen molar-refractivity contribution in [1.29, 1.82) is 0 Å². The normalized spacial score (nSPS) is 11.1. The van der Waals surface area contributed by atoms with Gasteiger partial charge in [-0.2, -0.15) is 0 Å². The van der Waals surface area contributed by atoms with Crippen LogP contribution in [0.15, 0.2) is 42.7 Å². The van der Waals surface area contributed by atoms with Crippen LogP contribution < -0.4 is 0 Å². The molecule has 0 fully saturated rings. The van der Waals surface area contributed by atoms with Gasteiger partial charge in [0.15, 0.2) is 0 Å². The van der Waals surface area contributed by atoms with Crippen molar-refractivity contribution < 1.29 is 5.11 Å². The second kappa shape index (κ2) is 3.54. The van der Waals surface area contributed by atoms with Crippen molar-refractivity contribution in [2.24, 2.45) is 0 Å². The molecule has 1 aromatic carbocycles. The van der Waals surface area contributed by atoms with Gasteiger partial charge in [0.2, 0.25) is 0 Å². The number of aliphatic hydroxyl groups is 1. The Labute approximate surface area is 92.4 Å². The molecule has 0 saturated carbocycles. The summed E-state index contributed by atoms with van der Waals surface area (Å²) in [4.78, 5) is 8.68. The van der Waals surface area contributed by atoms with Gasteiger partial charge in [-0.15, -0.1) is 0 Å². The van der Waals surface area contributed by atoms with Crippen LogP contribution >= 0.6 is 0 Å². The van der Waals surface area contributed by atoms with E-state index < -0.39 is 0 Å². The van der Waals surface area contributed by atoms with E-state index in [2.05, 4.69) is 9.97 Å². The minimum atomic E-state index is 0.0209. The molecular weight excluding hydrogens is 200 g/mol. The van der Waals surface area contributed by atoms with Crippen LogP contribution in [0.3, 0.4) is 0 Å². The number of aromatic nitrogens is 2. The van der Waals surface area contributed by atoms with E-state index in [-0.39, 0.29) is 6.61 Å². The van der Waals surface area contributed by atoms with Crippen LogP contribution in [0.5, 0.6) is 0 Å².